The molecule has 0 unspecified atom stereocenters. The Bertz CT molecular complexity index is 1270. The van der Waals surface area contributed by atoms with Crippen LogP contribution in [-0.2, 0) is 14.3 Å². The minimum Gasteiger partial charge on any atom is -0.466 e. The number of carbonyl (C=O) groups excluding carboxylic acids is 2. The van der Waals surface area contributed by atoms with Crippen LogP contribution in [0.3, 0.4) is 0 Å². The number of likely N-dealkylation sites (tertiary alicyclic amines) is 1. The highest BCUT2D eigenvalue weighted by Gasteiger charge is 2.31. The van der Waals surface area contributed by atoms with E-state index in [9.17, 15) is 14.4 Å². The van der Waals surface area contributed by atoms with Gasteiger partial charge >= 0.3 is 11.6 Å². The Hall–Kier alpha value is -3.61. The van der Waals surface area contributed by atoms with E-state index in [4.69, 9.17) is 9.15 Å². The molecule has 1 amide bonds. The third kappa shape index (κ3) is 4.98. The molecule has 178 valence electrons. The Labute approximate surface area is 198 Å². The molecule has 2 aromatic carbocycles. The molecule has 1 N–H and O–H groups in total. The smallest absolute Gasteiger partial charge is 0.336 e. The van der Waals surface area contributed by atoms with Crippen molar-refractivity contribution >= 4 is 28.5 Å². The minimum absolute atomic E-state index is 0.0794. The molecule has 2 atom stereocenters. The van der Waals surface area contributed by atoms with Gasteiger partial charge in [0, 0.05) is 41.9 Å². The Balaban J connectivity index is 1.53. The van der Waals surface area contributed by atoms with Crippen molar-refractivity contribution in [2.75, 3.05) is 25.0 Å². The van der Waals surface area contributed by atoms with Crippen LogP contribution in [0, 0.1) is 12.8 Å². The zero-order valence-corrected chi connectivity index (χ0v) is 19.8. The summed E-state index contributed by atoms with van der Waals surface area (Å²) in [5.74, 6) is -0.599. The first-order valence-corrected chi connectivity index (χ1v) is 11.7. The van der Waals surface area contributed by atoms with Crippen molar-refractivity contribution in [1.29, 1.82) is 0 Å². The Morgan fingerprint density at radius 3 is 2.74 bits per heavy atom. The molecule has 0 bridgehead atoms. The lowest BCUT2D eigenvalue weighted by Gasteiger charge is -2.33. The third-order valence-electron chi connectivity index (χ3n) is 6.29. The summed E-state index contributed by atoms with van der Waals surface area (Å²) >= 11 is 0. The second-order valence-electron chi connectivity index (χ2n) is 8.75. The molecule has 0 radical (unpaired) electrons. The molecule has 1 aliphatic rings. The van der Waals surface area contributed by atoms with Crippen molar-refractivity contribution in [3.05, 3.63) is 64.5 Å². The van der Waals surface area contributed by atoms with Crippen molar-refractivity contribution in [3.63, 3.8) is 0 Å². The zero-order valence-electron chi connectivity index (χ0n) is 19.8. The van der Waals surface area contributed by atoms with Crippen LogP contribution >= 0.6 is 0 Å². The molecular formula is C27H30N2O5. The number of rotatable bonds is 6. The number of aryl methyl sites for hydroxylation is 1. The normalized spacial score (nSPS) is 16.8. The van der Waals surface area contributed by atoms with Gasteiger partial charge in [-0.2, -0.15) is 0 Å². The fourth-order valence-corrected chi connectivity index (χ4v) is 4.57. The number of fused-ring (bicyclic) bond motifs is 1. The molecule has 1 fully saturated rings. The van der Waals surface area contributed by atoms with Crippen LogP contribution in [0.5, 0.6) is 0 Å². The van der Waals surface area contributed by atoms with Crippen molar-refractivity contribution in [3.8, 4) is 11.1 Å². The molecule has 0 spiro atoms. The number of benzene rings is 2. The van der Waals surface area contributed by atoms with Crippen LogP contribution in [0.1, 0.15) is 32.3 Å². The average molecular weight is 463 g/mol. The topological polar surface area (TPSA) is 88.9 Å². The Morgan fingerprint density at radius 2 is 1.97 bits per heavy atom. The van der Waals surface area contributed by atoms with Gasteiger partial charge in [0.2, 0.25) is 5.91 Å². The maximum absolute atomic E-state index is 13.1. The summed E-state index contributed by atoms with van der Waals surface area (Å²) in [6, 6.07) is 14.4. The molecule has 4 rings (SSSR count). The first kappa shape index (κ1) is 23.5. The van der Waals surface area contributed by atoms with Crippen LogP contribution in [-0.4, -0.2) is 42.5 Å². The van der Waals surface area contributed by atoms with E-state index in [0.29, 0.717) is 31.0 Å². The number of hydrogen-bond acceptors (Lipinski definition) is 6. The number of piperidine rings is 1. The maximum atomic E-state index is 13.1. The number of anilines is 1. The van der Waals surface area contributed by atoms with E-state index >= 15 is 0 Å². The predicted octanol–water partition coefficient (Wildman–Crippen LogP) is 4.37. The van der Waals surface area contributed by atoms with Crippen LogP contribution < -0.4 is 10.9 Å². The number of ether oxygens (including phenoxy) is 1. The molecule has 3 aromatic rings. The molecule has 7 nitrogen and oxygen atoms in total. The fraction of sp³-hybridized carbons (Fsp3) is 0.370. The highest BCUT2D eigenvalue weighted by Crippen LogP contribution is 2.31. The first-order valence-electron chi connectivity index (χ1n) is 11.7. The van der Waals surface area contributed by atoms with Crippen molar-refractivity contribution in [1.82, 2.24) is 4.90 Å². The van der Waals surface area contributed by atoms with Crippen molar-refractivity contribution < 1.29 is 18.7 Å². The molecule has 1 aliphatic heterocycles. The van der Waals surface area contributed by atoms with Gasteiger partial charge in [-0.25, -0.2) is 4.79 Å². The van der Waals surface area contributed by atoms with E-state index in [1.54, 1.807) is 24.8 Å². The Morgan fingerprint density at radius 1 is 1.18 bits per heavy atom. The summed E-state index contributed by atoms with van der Waals surface area (Å²) in [6.45, 7) is 6.91. The van der Waals surface area contributed by atoms with E-state index < -0.39 is 11.7 Å². The predicted molar refractivity (Wildman–Crippen MR) is 132 cm³/mol. The molecule has 0 aliphatic carbocycles. The van der Waals surface area contributed by atoms with Gasteiger partial charge in [-0.15, -0.1) is 0 Å². The number of amides is 1. The van der Waals surface area contributed by atoms with Crippen LogP contribution in [0.25, 0.3) is 22.1 Å². The van der Waals surface area contributed by atoms with Gasteiger partial charge in [0.25, 0.3) is 0 Å². The van der Waals surface area contributed by atoms with Gasteiger partial charge in [0.05, 0.1) is 12.5 Å². The lowest BCUT2D eigenvalue weighted by atomic mass is 9.97. The lowest BCUT2D eigenvalue weighted by molar-refractivity contribution is -0.151. The molecule has 1 saturated heterocycles. The number of esters is 1. The highest BCUT2D eigenvalue weighted by molar-refractivity contribution is 5.95. The quantitative estimate of drug-likeness (QED) is 0.432. The molecule has 1 aromatic heterocycles. The monoisotopic (exact) mass is 462 g/mol. The number of carbonyl (C=O) groups is 2. The van der Waals surface area contributed by atoms with E-state index in [2.05, 4.69) is 5.32 Å². The number of nitrogens with zero attached hydrogens (tertiary/aromatic N) is 1. The third-order valence-corrected chi connectivity index (χ3v) is 6.29. The van der Waals surface area contributed by atoms with E-state index in [-0.39, 0.29) is 17.8 Å². The molecular weight excluding hydrogens is 432 g/mol. The minimum atomic E-state index is -0.510. The summed E-state index contributed by atoms with van der Waals surface area (Å²) < 4.78 is 10.6. The summed E-state index contributed by atoms with van der Waals surface area (Å²) in [5, 5.41) is 4.05. The van der Waals surface area contributed by atoms with Gasteiger partial charge in [-0.3, -0.25) is 9.59 Å². The van der Waals surface area contributed by atoms with Gasteiger partial charge in [0.15, 0.2) is 0 Å². The van der Waals surface area contributed by atoms with Crippen LogP contribution in [0.4, 0.5) is 5.69 Å². The lowest BCUT2D eigenvalue weighted by Crippen LogP contribution is -2.48. The van der Waals surface area contributed by atoms with E-state index in [0.717, 1.165) is 34.9 Å². The second-order valence-corrected chi connectivity index (χ2v) is 8.75. The fourth-order valence-electron chi connectivity index (χ4n) is 4.57. The summed E-state index contributed by atoms with van der Waals surface area (Å²) in [4.78, 5) is 39.2. The van der Waals surface area contributed by atoms with Crippen LogP contribution in [0.2, 0.25) is 0 Å². The molecule has 34 heavy (non-hydrogen) atoms. The number of hydrogen-bond donors (Lipinski definition) is 1. The van der Waals surface area contributed by atoms with Crippen LogP contribution in [0.15, 0.2) is 57.7 Å². The second kappa shape index (κ2) is 10.1. The maximum Gasteiger partial charge on any atom is 0.336 e. The van der Waals surface area contributed by atoms with Gasteiger partial charge < -0.3 is 19.4 Å². The molecule has 7 heteroatoms. The first-order chi connectivity index (χ1) is 16.4. The average Bonchev–Trinajstić information content (AvgIpc) is 2.83. The van der Waals surface area contributed by atoms with Gasteiger partial charge in [0.1, 0.15) is 11.6 Å². The van der Waals surface area contributed by atoms with Gasteiger partial charge in [-0.1, -0.05) is 24.3 Å². The van der Waals surface area contributed by atoms with Gasteiger partial charge in [-0.05, 0) is 56.9 Å². The summed E-state index contributed by atoms with van der Waals surface area (Å²) in [7, 11) is 0. The zero-order chi connectivity index (χ0) is 24.2. The summed E-state index contributed by atoms with van der Waals surface area (Å²) in [6.07, 6.45) is 1.50. The van der Waals surface area contributed by atoms with Crippen molar-refractivity contribution in [2.24, 2.45) is 5.92 Å². The van der Waals surface area contributed by atoms with E-state index in [1.165, 1.54) is 6.07 Å². The standard InChI is InChI=1S/C27H30N2O5/c1-4-33-27(32)19-9-7-13-29(16-19)26(31)18(3)28-20-11-12-22-23(15-25(30)34-24(22)14-20)21-10-6-5-8-17(21)2/h5-6,8,10-12,14-15,18-19,28H,4,7,9,13,16H2,1-3H3/t18-,19+/m1/s1. The highest BCUT2D eigenvalue weighted by atomic mass is 16.5. The molecule has 0 saturated carbocycles. The number of nitrogens with one attached hydrogen (secondary N) is 1. The SMILES string of the molecule is CCOC(=O)[C@H]1CCCN(C(=O)[C@@H](C)Nc2ccc3c(-c4ccccc4C)cc(=O)oc3c2)C1. The largest absolute Gasteiger partial charge is 0.466 e. The van der Waals surface area contributed by atoms with Crippen molar-refractivity contribution in [2.45, 2.75) is 39.7 Å². The Kier molecular flexibility index (Phi) is 7.01. The van der Waals surface area contributed by atoms with E-state index in [1.807, 2.05) is 43.3 Å². The molecule has 2 heterocycles. The summed E-state index contributed by atoms with van der Waals surface area (Å²) in [5.41, 5.74) is 3.57.